The molecule has 1 aromatic carbocycles. The van der Waals surface area contributed by atoms with Gasteiger partial charge in [0.1, 0.15) is 0 Å². The molecule has 2 rings (SSSR count). The minimum absolute atomic E-state index is 1.16. The van der Waals surface area contributed by atoms with Gasteiger partial charge in [0.2, 0.25) is 0 Å². The van der Waals surface area contributed by atoms with Crippen molar-refractivity contribution in [3.63, 3.8) is 0 Å². The fraction of sp³-hybridized carbons (Fsp3) is 0. The molecular weight excluding hydrogens is 297 g/mol. The summed E-state index contributed by atoms with van der Waals surface area (Å²) < 4.78 is 2.02. The van der Waals surface area contributed by atoms with Crippen LogP contribution in [0.2, 0.25) is 0 Å². The number of pyridine rings is 1. The third-order valence-corrected chi connectivity index (χ3v) is 2.54. The zero-order chi connectivity index (χ0) is 10.5. The third-order valence-electron chi connectivity index (χ3n) is 2.18. The van der Waals surface area contributed by atoms with E-state index in [1.807, 2.05) is 28.5 Å². The second kappa shape index (κ2) is 5.07. The monoisotopic (exact) mass is 307 g/mol. The van der Waals surface area contributed by atoms with Crippen LogP contribution in [0.15, 0.2) is 52.9 Å². The Kier molecular flexibility index (Phi) is 3.50. The molecule has 0 spiro atoms. The lowest BCUT2D eigenvalue weighted by molar-refractivity contribution is 1.33. The Morgan fingerprint density at radius 3 is 2.67 bits per heavy atom. The van der Waals surface area contributed by atoms with Crippen LogP contribution in [0.25, 0.3) is 17.2 Å². The molecule has 0 atom stereocenters. The number of rotatable bonds is 2. The van der Waals surface area contributed by atoms with Crippen LogP contribution in [0, 0.1) is 0 Å². The summed E-state index contributed by atoms with van der Waals surface area (Å²) in [7, 11) is 0. The average Bonchev–Trinajstić information content (AvgIpc) is 2.31. The molecular formula is C13H10IN. The van der Waals surface area contributed by atoms with Crippen LogP contribution in [0.3, 0.4) is 0 Å². The van der Waals surface area contributed by atoms with E-state index in [0.29, 0.717) is 0 Å². The van der Waals surface area contributed by atoms with Crippen molar-refractivity contribution >= 4 is 28.7 Å². The molecule has 15 heavy (non-hydrogen) atoms. The SMILES string of the molecule is IC=Cc1ccccc1-c1cccnc1. The van der Waals surface area contributed by atoms with E-state index in [9.17, 15) is 0 Å². The van der Waals surface area contributed by atoms with Gasteiger partial charge in [0.15, 0.2) is 0 Å². The van der Waals surface area contributed by atoms with Gasteiger partial charge in [0.05, 0.1) is 0 Å². The number of aromatic nitrogens is 1. The average molecular weight is 307 g/mol. The summed E-state index contributed by atoms with van der Waals surface area (Å²) >= 11 is 2.23. The molecule has 0 bridgehead atoms. The Balaban J connectivity index is 2.53. The number of halogens is 1. The van der Waals surface area contributed by atoms with E-state index >= 15 is 0 Å². The maximum absolute atomic E-state index is 4.14. The Hall–Kier alpha value is -1.16. The summed E-state index contributed by atoms with van der Waals surface area (Å²) in [5, 5.41) is 0. The summed E-state index contributed by atoms with van der Waals surface area (Å²) in [6.07, 6.45) is 5.78. The van der Waals surface area contributed by atoms with E-state index in [-0.39, 0.29) is 0 Å². The van der Waals surface area contributed by atoms with E-state index in [1.54, 1.807) is 6.20 Å². The van der Waals surface area contributed by atoms with Crippen LogP contribution in [0.1, 0.15) is 5.56 Å². The fourth-order valence-electron chi connectivity index (χ4n) is 1.50. The normalized spacial score (nSPS) is 10.7. The Bertz CT molecular complexity index is 463. The van der Waals surface area contributed by atoms with Crippen molar-refractivity contribution in [2.45, 2.75) is 0 Å². The van der Waals surface area contributed by atoms with E-state index in [1.165, 1.54) is 11.1 Å². The van der Waals surface area contributed by atoms with Gasteiger partial charge >= 0.3 is 0 Å². The van der Waals surface area contributed by atoms with Gasteiger partial charge in [-0.3, -0.25) is 4.98 Å². The quantitative estimate of drug-likeness (QED) is 0.759. The van der Waals surface area contributed by atoms with Crippen molar-refractivity contribution in [2.24, 2.45) is 0 Å². The number of benzene rings is 1. The van der Waals surface area contributed by atoms with Gasteiger partial charge in [-0.05, 0) is 27.4 Å². The second-order valence-corrected chi connectivity index (χ2v) is 3.84. The van der Waals surface area contributed by atoms with Crippen molar-refractivity contribution in [1.82, 2.24) is 4.98 Å². The smallest absolute Gasteiger partial charge is 0.0346 e. The van der Waals surface area contributed by atoms with Crippen LogP contribution >= 0.6 is 22.6 Å². The maximum atomic E-state index is 4.14. The molecule has 0 N–H and O–H groups in total. The highest BCUT2D eigenvalue weighted by molar-refractivity contribution is 14.1. The van der Waals surface area contributed by atoms with E-state index in [0.717, 1.165) is 5.56 Å². The molecule has 2 aromatic rings. The van der Waals surface area contributed by atoms with E-state index in [4.69, 9.17) is 0 Å². The molecule has 0 amide bonds. The predicted octanol–water partition coefficient (Wildman–Crippen LogP) is 4.15. The van der Waals surface area contributed by atoms with Gasteiger partial charge < -0.3 is 0 Å². The highest BCUT2D eigenvalue weighted by Gasteiger charge is 2.00. The summed E-state index contributed by atoms with van der Waals surface area (Å²) in [6, 6.07) is 12.4. The van der Waals surface area contributed by atoms with E-state index < -0.39 is 0 Å². The molecule has 0 unspecified atom stereocenters. The van der Waals surface area contributed by atoms with Gasteiger partial charge in [-0.25, -0.2) is 0 Å². The molecule has 0 fully saturated rings. The minimum Gasteiger partial charge on any atom is -0.264 e. The van der Waals surface area contributed by atoms with Gasteiger partial charge in [0.25, 0.3) is 0 Å². The first-order valence-electron chi connectivity index (χ1n) is 4.68. The number of hydrogen-bond acceptors (Lipinski definition) is 1. The fourth-order valence-corrected chi connectivity index (χ4v) is 1.88. The van der Waals surface area contributed by atoms with Crippen molar-refractivity contribution < 1.29 is 0 Å². The molecule has 0 saturated heterocycles. The van der Waals surface area contributed by atoms with Gasteiger partial charge in [0, 0.05) is 18.0 Å². The van der Waals surface area contributed by atoms with Gasteiger partial charge in [-0.2, -0.15) is 0 Å². The lowest BCUT2D eigenvalue weighted by atomic mass is 10.0. The van der Waals surface area contributed by atoms with Crippen molar-refractivity contribution in [3.05, 3.63) is 58.4 Å². The molecule has 0 aliphatic rings. The molecule has 74 valence electrons. The van der Waals surface area contributed by atoms with Crippen molar-refractivity contribution in [1.29, 1.82) is 0 Å². The second-order valence-electron chi connectivity index (χ2n) is 3.12. The van der Waals surface area contributed by atoms with Crippen LogP contribution < -0.4 is 0 Å². The zero-order valence-electron chi connectivity index (χ0n) is 8.10. The molecule has 2 heteroatoms. The topological polar surface area (TPSA) is 12.9 Å². The Labute approximate surface area is 103 Å². The first-order valence-corrected chi connectivity index (χ1v) is 5.92. The maximum Gasteiger partial charge on any atom is 0.0346 e. The molecule has 1 aromatic heterocycles. The number of hydrogen-bond donors (Lipinski definition) is 0. The van der Waals surface area contributed by atoms with Crippen molar-refractivity contribution in [3.8, 4) is 11.1 Å². The standard InChI is InChI=1S/C13H10IN/c14-8-7-11-4-1-2-6-13(11)12-5-3-9-15-10-12/h1-10H. The lowest BCUT2D eigenvalue weighted by Crippen LogP contribution is -1.82. The van der Waals surface area contributed by atoms with E-state index in [2.05, 4.69) is 51.8 Å². The number of nitrogens with zero attached hydrogens (tertiary/aromatic N) is 1. The summed E-state index contributed by atoms with van der Waals surface area (Å²) in [5.74, 6) is 0. The van der Waals surface area contributed by atoms with Crippen LogP contribution in [-0.2, 0) is 0 Å². The third kappa shape index (κ3) is 2.45. The first kappa shape index (κ1) is 10.4. The predicted molar refractivity (Wildman–Crippen MR) is 72.7 cm³/mol. The van der Waals surface area contributed by atoms with Crippen LogP contribution in [0.4, 0.5) is 0 Å². The lowest BCUT2D eigenvalue weighted by Gasteiger charge is -2.04. The summed E-state index contributed by atoms with van der Waals surface area (Å²) in [5.41, 5.74) is 3.60. The molecule has 1 heterocycles. The molecule has 0 saturated carbocycles. The first-order chi connectivity index (χ1) is 7.42. The van der Waals surface area contributed by atoms with Gasteiger partial charge in [-0.15, -0.1) is 0 Å². The molecule has 0 aliphatic heterocycles. The van der Waals surface area contributed by atoms with Crippen LogP contribution in [0.5, 0.6) is 0 Å². The highest BCUT2D eigenvalue weighted by Crippen LogP contribution is 2.23. The Morgan fingerprint density at radius 2 is 1.93 bits per heavy atom. The summed E-state index contributed by atoms with van der Waals surface area (Å²) in [6.45, 7) is 0. The van der Waals surface area contributed by atoms with Crippen LogP contribution in [-0.4, -0.2) is 4.98 Å². The largest absolute Gasteiger partial charge is 0.264 e. The van der Waals surface area contributed by atoms with Crippen molar-refractivity contribution in [2.75, 3.05) is 0 Å². The zero-order valence-corrected chi connectivity index (χ0v) is 10.3. The summed E-state index contributed by atoms with van der Waals surface area (Å²) in [4.78, 5) is 4.14. The minimum atomic E-state index is 1.16. The molecule has 1 nitrogen and oxygen atoms in total. The molecule has 0 aliphatic carbocycles. The highest BCUT2D eigenvalue weighted by atomic mass is 127. The molecule has 0 radical (unpaired) electrons. The Morgan fingerprint density at radius 1 is 1.07 bits per heavy atom. The van der Waals surface area contributed by atoms with Gasteiger partial charge in [-0.1, -0.05) is 52.9 Å².